The summed E-state index contributed by atoms with van der Waals surface area (Å²) >= 11 is 0. The second kappa shape index (κ2) is 6.31. The summed E-state index contributed by atoms with van der Waals surface area (Å²) in [5.74, 6) is -2.48. The molecule has 0 aromatic heterocycles. The van der Waals surface area contributed by atoms with E-state index in [1.54, 1.807) is 44.2 Å². The van der Waals surface area contributed by atoms with Gasteiger partial charge in [0.25, 0.3) is 0 Å². The number of hydrogen-bond acceptors (Lipinski definition) is 6. The Bertz CT molecular complexity index is 677. The van der Waals surface area contributed by atoms with E-state index in [0.29, 0.717) is 5.56 Å². The van der Waals surface area contributed by atoms with Crippen LogP contribution in [0.15, 0.2) is 30.3 Å². The van der Waals surface area contributed by atoms with Crippen LogP contribution in [0, 0.1) is 5.41 Å². The number of rotatable bonds is 6. The van der Waals surface area contributed by atoms with Crippen molar-refractivity contribution in [3.05, 3.63) is 35.9 Å². The molecule has 0 N–H and O–H groups in total. The van der Waals surface area contributed by atoms with Crippen molar-refractivity contribution in [1.29, 1.82) is 0 Å². The summed E-state index contributed by atoms with van der Waals surface area (Å²) in [6.45, 7) is 3.31. The molecule has 2 atom stereocenters. The van der Waals surface area contributed by atoms with Gasteiger partial charge < -0.3 is 9.47 Å². The SMILES string of the molecule is CCOC(=O)C1(C(=O)OCC)[C@@H](c2ccccc2)[C@@H]1S(C)(=O)=O. The first-order valence-corrected chi connectivity index (χ1v) is 9.35. The molecule has 23 heavy (non-hydrogen) atoms. The number of benzene rings is 1. The third kappa shape index (κ3) is 2.85. The van der Waals surface area contributed by atoms with Gasteiger partial charge in [-0.1, -0.05) is 30.3 Å². The van der Waals surface area contributed by atoms with Crippen LogP contribution in [-0.4, -0.2) is 45.1 Å². The first-order chi connectivity index (χ1) is 10.8. The molecule has 0 radical (unpaired) electrons. The van der Waals surface area contributed by atoms with E-state index in [-0.39, 0.29) is 13.2 Å². The highest BCUT2D eigenvalue weighted by molar-refractivity contribution is 7.91. The average molecular weight is 340 g/mol. The molecule has 0 aliphatic heterocycles. The van der Waals surface area contributed by atoms with Crippen molar-refractivity contribution < 1.29 is 27.5 Å². The van der Waals surface area contributed by atoms with Crippen LogP contribution in [0.5, 0.6) is 0 Å². The van der Waals surface area contributed by atoms with Crippen molar-refractivity contribution in [2.45, 2.75) is 25.0 Å². The van der Waals surface area contributed by atoms with Crippen molar-refractivity contribution >= 4 is 21.8 Å². The second-order valence-corrected chi connectivity index (χ2v) is 7.62. The maximum absolute atomic E-state index is 12.5. The average Bonchev–Trinajstić information content (AvgIpc) is 3.20. The van der Waals surface area contributed by atoms with Gasteiger partial charge in [0, 0.05) is 12.2 Å². The Morgan fingerprint density at radius 1 is 1.04 bits per heavy atom. The lowest BCUT2D eigenvalue weighted by Crippen LogP contribution is -2.35. The predicted molar refractivity (Wildman–Crippen MR) is 83.5 cm³/mol. The molecule has 1 aliphatic carbocycles. The van der Waals surface area contributed by atoms with Crippen LogP contribution in [0.3, 0.4) is 0 Å². The Kier molecular flexibility index (Phi) is 4.79. The molecule has 1 aliphatic rings. The standard InChI is InChI=1S/C16H20O6S/c1-4-21-14(17)16(15(18)22-5-2)12(13(16)23(3,19)20)11-9-7-6-8-10-11/h6-10,12-13H,4-5H2,1-3H3/t12-,13-/m0/s1. The zero-order chi connectivity index (χ0) is 17.3. The van der Waals surface area contributed by atoms with E-state index in [0.717, 1.165) is 6.26 Å². The van der Waals surface area contributed by atoms with Crippen LogP contribution in [0.2, 0.25) is 0 Å². The summed E-state index contributed by atoms with van der Waals surface area (Å²) in [6, 6.07) is 8.63. The van der Waals surface area contributed by atoms with Crippen molar-refractivity contribution in [3.63, 3.8) is 0 Å². The van der Waals surface area contributed by atoms with E-state index in [1.165, 1.54) is 0 Å². The quantitative estimate of drug-likeness (QED) is 0.573. The van der Waals surface area contributed by atoms with Gasteiger partial charge in [0.15, 0.2) is 15.3 Å². The van der Waals surface area contributed by atoms with E-state index >= 15 is 0 Å². The van der Waals surface area contributed by atoms with Crippen LogP contribution in [0.25, 0.3) is 0 Å². The topological polar surface area (TPSA) is 86.7 Å². The van der Waals surface area contributed by atoms with Gasteiger partial charge in [-0.3, -0.25) is 9.59 Å². The number of ether oxygens (including phenoxy) is 2. The van der Waals surface area contributed by atoms with Crippen molar-refractivity contribution in [2.75, 3.05) is 19.5 Å². The van der Waals surface area contributed by atoms with Gasteiger partial charge in [0.2, 0.25) is 0 Å². The van der Waals surface area contributed by atoms with Crippen LogP contribution < -0.4 is 0 Å². The van der Waals surface area contributed by atoms with Crippen LogP contribution in [0.1, 0.15) is 25.3 Å². The number of hydrogen-bond donors (Lipinski definition) is 0. The molecule has 6 nitrogen and oxygen atoms in total. The molecule has 1 aromatic rings. The molecule has 0 unspecified atom stereocenters. The molecule has 0 heterocycles. The molecule has 1 fully saturated rings. The summed E-state index contributed by atoms with van der Waals surface area (Å²) in [6.07, 6.45) is 1.02. The van der Waals surface area contributed by atoms with Crippen LogP contribution >= 0.6 is 0 Å². The normalized spacial score (nSPS) is 22.2. The highest BCUT2D eigenvalue weighted by Gasteiger charge is 2.80. The Balaban J connectivity index is 2.58. The number of carbonyl (C=O) groups excluding carboxylic acids is 2. The molecule has 0 bridgehead atoms. The van der Waals surface area contributed by atoms with Gasteiger partial charge in [0.05, 0.1) is 18.5 Å². The summed E-state index contributed by atoms with van der Waals surface area (Å²) in [5, 5.41) is -1.17. The van der Waals surface area contributed by atoms with Crippen LogP contribution in [-0.2, 0) is 28.9 Å². The lowest BCUT2D eigenvalue weighted by atomic mass is 9.99. The molecule has 0 amide bonds. The Morgan fingerprint density at radius 2 is 1.52 bits per heavy atom. The van der Waals surface area contributed by atoms with Gasteiger partial charge in [-0.2, -0.15) is 0 Å². The van der Waals surface area contributed by atoms with Crippen molar-refractivity contribution in [1.82, 2.24) is 0 Å². The van der Waals surface area contributed by atoms with Gasteiger partial charge in [-0.15, -0.1) is 0 Å². The van der Waals surface area contributed by atoms with Gasteiger partial charge in [-0.25, -0.2) is 8.42 Å². The lowest BCUT2D eigenvalue weighted by Gasteiger charge is -2.15. The lowest BCUT2D eigenvalue weighted by molar-refractivity contribution is -0.164. The van der Waals surface area contributed by atoms with E-state index in [2.05, 4.69) is 0 Å². The Labute approximate surface area is 135 Å². The zero-order valence-corrected chi connectivity index (χ0v) is 14.1. The minimum Gasteiger partial charge on any atom is -0.465 e. The fourth-order valence-corrected chi connectivity index (χ4v) is 4.91. The van der Waals surface area contributed by atoms with Crippen molar-refractivity contribution in [3.8, 4) is 0 Å². The molecule has 0 spiro atoms. The van der Waals surface area contributed by atoms with Crippen molar-refractivity contribution in [2.24, 2.45) is 5.41 Å². The third-order valence-corrected chi connectivity index (χ3v) is 5.55. The van der Waals surface area contributed by atoms with Gasteiger partial charge in [0.1, 0.15) is 0 Å². The predicted octanol–water partition coefficient (Wildman–Crippen LogP) is 1.31. The van der Waals surface area contributed by atoms with E-state index in [9.17, 15) is 18.0 Å². The summed E-state index contributed by atoms with van der Waals surface area (Å²) in [7, 11) is -3.66. The maximum Gasteiger partial charge on any atom is 0.325 e. The monoisotopic (exact) mass is 340 g/mol. The maximum atomic E-state index is 12.5. The Hall–Kier alpha value is -1.89. The molecule has 2 rings (SSSR count). The minimum absolute atomic E-state index is 0.0536. The third-order valence-electron chi connectivity index (χ3n) is 3.98. The molecule has 7 heteroatoms. The molecule has 126 valence electrons. The molecule has 1 saturated carbocycles. The summed E-state index contributed by atoms with van der Waals surface area (Å²) in [4.78, 5) is 25.0. The number of carbonyl (C=O) groups is 2. The Morgan fingerprint density at radius 3 is 1.91 bits per heavy atom. The first-order valence-electron chi connectivity index (χ1n) is 7.40. The second-order valence-electron chi connectivity index (χ2n) is 5.45. The zero-order valence-electron chi connectivity index (χ0n) is 13.3. The fraction of sp³-hybridized carbons (Fsp3) is 0.500. The number of sulfone groups is 1. The summed E-state index contributed by atoms with van der Waals surface area (Å²) in [5.41, 5.74) is -1.22. The summed E-state index contributed by atoms with van der Waals surface area (Å²) < 4.78 is 34.4. The van der Waals surface area contributed by atoms with E-state index < -0.39 is 38.4 Å². The first kappa shape index (κ1) is 17.5. The van der Waals surface area contributed by atoms with Gasteiger partial charge >= 0.3 is 11.9 Å². The fourth-order valence-electron chi connectivity index (χ4n) is 3.11. The molecular weight excluding hydrogens is 320 g/mol. The highest BCUT2D eigenvalue weighted by Crippen LogP contribution is 2.64. The van der Waals surface area contributed by atoms with E-state index in [4.69, 9.17) is 9.47 Å². The smallest absolute Gasteiger partial charge is 0.325 e. The highest BCUT2D eigenvalue weighted by atomic mass is 32.2. The van der Waals surface area contributed by atoms with Crippen LogP contribution in [0.4, 0.5) is 0 Å². The molecule has 0 saturated heterocycles. The molecule has 1 aromatic carbocycles. The number of esters is 2. The minimum atomic E-state index is -3.66. The largest absolute Gasteiger partial charge is 0.465 e. The van der Waals surface area contributed by atoms with E-state index in [1.807, 2.05) is 0 Å². The molecular formula is C16H20O6S. The van der Waals surface area contributed by atoms with Gasteiger partial charge in [-0.05, 0) is 19.4 Å².